The zero-order chi connectivity index (χ0) is 26.3. The molecule has 2 atom stereocenters. The van der Waals surface area contributed by atoms with Gasteiger partial charge in [-0.25, -0.2) is 19.2 Å². The van der Waals surface area contributed by atoms with E-state index in [4.69, 9.17) is 20.6 Å². The minimum absolute atomic E-state index is 0.0984. The maximum Gasteiger partial charge on any atom is 0.226 e. The van der Waals surface area contributed by atoms with Gasteiger partial charge in [0, 0.05) is 18.5 Å². The molecule has 4 aliphatic rings. The molecule has 1 saturated carbocycles. The van der Waals surface area contributed by atoms with E-state index in [1.54, 1.807) is 11.0 Å². The molecule has 0 spiro atoms. The number of aryl methyl sites for hydroxylation is 2. The molecule has 8 rings (SSSR count). The Hall–Kier alpha value is -3.79. The standard InChI is InChI=1S/C28H32N8O2/c1-18-11-21(34-10-9-26(3,15-34)20-7-5-4-6-8-20)12-36-24(18)31-23(33-36)22-28(25(29)37)13-27(14-28,38-22)16-35-17-30-19(2)32-35/h4-8,11-12,17,22H,9-10,13-16H2,1-3H3,(H2,29,37)/t22?,26-,27?,28?/m0/s1. The number of nitrogens with zero attached hydrogens (tertiary/aromatic N) is 7. The fourth-order valence-electron chi connectivity index (χ4n) is 6.93. The number of hydrogen-bond donors (Lipinski definition) is 1. The molecule has 2 bridgehead atoms. The van der Waals surface area contributed by atoms with Gasteiger partial charge in [-0.2, -0.15) is 5.10 Å². The van der Waals surface area contributed by atoms with Gasteiger partial charge in [-0.3, -0.25) is 4.79 Å². The molecule has 0 radical (unpaired) electrons. The lowest BCUT2D eigenvalue weighted by atomic mass is 9.59. The molecule has 4 aromatic rings. The van der Waals surface area contributed by atoms with Crippen molar-refractivity contribution in [3.63, 3.8) is 0 Å². The molecule has 1 aliphatic carbocycles. The van der Waals surface area contributed by atoms with Gasteiger partial charge in [-0.05, 0) is 50.3 Å². The number of nitrogens with two attached hydrogens (primary N) is 1. The lowest BCUT2D eigenvalue weighted by molar-refractivity contribution is -0.133. The van der Waals surface area contributed by atoms with Crippen molar-refractivity contribution in [1.82, 2.24) is 29.4 Å². The van der Waals surface area contributed by atoms with Crippen molar-refractivity contribution in [3.8, 4) is 0 Å². The first-order chi connectivity index (χ1) is 18.2. The van der Waals surface area contributed by atoms with E-state index in [0.29, 0.717) is 31.0 Å². The van der Waals surface area contributed by atoms with E-state index < -0.39 is 17.1 Å². The number of amides is 1. The fraction of sp³-hybridized carbons (Fsp3) is 0.464. The number of rotatable bonds is 6. The molecular weight excluding hydrogens is 480 g/mol. The minimum Gasteiger partial charge on any atom is -0.369 e. The highest BCUT2D eigenvalue weighted by Gasteiger charge is 2.72. The van der Waals surface area contributed by atoms with E-state index >= 15 is 0 Å². The van der Waals surface area contributed by atoms with Crippen LogP contribution < -0.4 is 10.6 Å². The van der Waals surface area contributed by atoms with Gasteiger partial charge in [0.2, 0.25) is 5.91 Å². The molecule has 3 aromatic heterocycles. The number of primary amides is 1. The second-order valence-corrected chi connectivity index (χ2v) is 11.8. The summed E-state index contributed by atoms with van der Waals surface area (Å²) in [5.74, 6) is 0.847. The number of ether oxygens (including phenoxy) is 1. The number of benzene rings is 1. The predicted octanol–water partition coefficient (Wildman–Crippen LogP) is 2.88. The monoisotopic (exact) mass is 512 g/mol. The van der Waals surface area contributed by atoms with Crippen LogP contribution in [0.15, 0.2) is 48.9 Å². The van der Waals surface area contributed by atoms with Crippen molar-refractivity contribution in [2.45, 2.75) is 63.7 Å². The minimum atomic E-state index is -0.802. The molecule has 1 unspecified atom stereocenters. The molecule has 10 heteroatoms. The van der Waals surface area contributed by atoms with Gasteiger partial charge in [0.25, 0.3) is 0 Å². The zero-order valence-corrected chi connectivity index (χ0v) is 22.0. The molecule has 10 nitrogen and oxygen atoms in total. The molecule has 2 N–H and O–H groups in total. The maximum absolute atomic E-state index is 12.7. The largest absolute Gasteiger partial charge is 0.369 e. The van der Waals surface area contributed by atoms with E-state index in [9.17, 15) is 4.79 Å². The average molecular weight is 513 g/mol. The number of hydrogen-bond acceptors (Lipinski definition) is 7. The van der Waals surface area contributed by atoms with Crippen LogP contribution in [0.3, 0.4) is 0 Å². The van der Waals surface area contributed by atoms with E-state index in [-0.39, 0.29) is 11.3 Å². The number of fused-ring (bicyclic) bond motifs is 2. The van der Waals surface area contributed by atoms with Crippen molar-refractivity contribution < 1.29 is 9.53 Å². The Kier molecular flexibility index (Phi) is 4.83. The summed E-state index contributed by atoms with van der Waals surface area (Å²) in [5, 5.41) is 9.24. The number of aromatic nitrogens is 6. The first kappa shape index (κ1) is 23.3. The third-order valence-corrected chi connectivity index (χ3v) is 8.90. The van der Waals surface area contributed by atoms with Crippen molar-refractivity contribution in [1.29, 1.82) is 0 Å². The summed E-state index contributed by atoms with van der Waals surface area (Å²) in [6, 6.07) is 12.9. The second-order valence-electron chi connectivity index (χ2n) is 11.8. The van der Waals surface area contributed by atoms with Crippen LogP contribution >= 0.6 is 0 Å². The molecule has 196 valence electrons. The van der Waals surface area contributed by atoms with Crippen molar-refractivity contribution >= 4 is 17.2 Å². The fourth-order valence-corrected chi connectivity index (χ4v) is 6.93. The predicted molar refractivity (Wildman–Crippen MR) is 141 cm³/mol. The lowest BCUT2D eigenvalue weighted by Crippen LogP contribution is -2.53. The summed E-state index contributed by atoms with van der Waals surface area (Å²) in [5.41, 5.74) is 8.99. The first-order valence-corrected chi connectivity index (χ1v) is 13.2. The lowest BCUT2D eigenvalue weighted by Gasteiger charge is -2.42. The molecule has 1 aromatic carbocycles. The Bertz CT molecular complexity index is 1550. The van der Waals surface area contributed by atoms with E-state index in [0.717, 1.165) is 36.4 Å². The SMILES string of the molecule is Cc1ncn(CC23CC(C(N)=O)(C2)C(c2nc4c(C)cc(N5CC[C@](C)(c6ccccc6)C5)cn4n2)O3)n1. The summed E-state index contributed by atoms with van der Waals surface area (Å²) in [7, 11) is 0. The number of anilines is 1. The zero-order valence-electron chi connectivity index (χ0n) is 22.0. The van der Waals surface area contributed by atoms with Crippen molar-refractivity contribution in [2.75, 3.05) is 18.0 Å². The summed E-state index contributed by atoms with van der Waals surface area (Å²) in [6.45, 7) is 8.67. The van der Waals surface area contributed by atoms with Crippen LogP contribution in [-0.2, 0) is 21.5 Å². The van der Waals surface area contributed by atoms with E-state index in [1.165, 1.54) is 5.56 Å². The molecule has 3 saturated heterocycles. The summed E-state index contributed by atoms with van der Waals surface area (Å²) < 4.78 is 10.1. The molecule has 3 aliphatic heterocycles. The Labute approximate surface area is 220 Å². The summed E-state index contributed by atoms with van der Waals surface area (Å²) in [4.78, 5) is 24.2. The van der Waals surface area contributed by atoms with E-state index in [2.05, 4.69) is 65.2 Å². The molecule has 38 heavy (non-hydrogen) atoms. The van der Waals surface area contributed by atoms with Crippen LogP contribution in [0, 0.1) is 19.3 Å². The Morgan fingerprint density at radius 2 is 1.97 bits per heavy atom. The van der Waals surface area contributed by atoms with Crippen molar-refractivity contribution in [3.05, 3.63) is 71.7 Å². The van der Waals surface area contributed by atoms with Gasteiger partial charge in [0.15, 0.2) is 11.5 Å². The van der Waals surface area contributed by atoms with Crippen LogP contribution in [0.4, 0.5) is 5.69 Å². The topological polar surface area (TPSA) is 116 Å². The highest BCUT2D eigenvalue weighted by molar-refractivity contribution is 5.84. The third-order valence-electron chi connectivity index (χ3n) is 8.90. The second kappa shape index (κ2) is 7.86. The molecule has 4 fully saturated rings. The molecule has 6 heterocycles. The van der Waals surface area contributed by atoms with Crippen LogP contribution in [0.25, 0.3) is 5.65 Å². The highest BCUT2D eigenvalue weighted by atomic mass is 16.5. The maximum atomic E-state index is 12.7. The van der Waals surface area contributed by atoms with Gasteiger partial charge in [-0.1, -0.05) is 37.3 Å². The van der Waals surface area contributed by atoms with E-state index in [1.807, 2.05) is 17.6 Å². The van der Waals surface area contributed by atoms with Gasteiger partial charge in [0.05, 0.1) is 29.4 Å². The first-order valence-electron chi connectivity index (χ1n) is 13.2. The molecular formula is C28H32N8O2. The van der Waals surface area contributed by atoms with Crippen LogP contribution in [0.2, 0.25) is 0 Å². The normalized spacial score (nSPS) is 30.2. The highest BCUT2D eigenvalue weighted by Crippen LogP contribution is 2.67. The van der Waals surface area contributed by atoms with Crippen LogP contribution in [0.1, 0.15) is 55.1 Å². The summed E-state index contributed by atoms with van der Waals surface area (Å²) in [6.07, 6.45) is 5.30. The van der Waals surface area contributed by atoms with Crippen LogP contribution in [-0.4, -0.2) is 54.0 Å². The number of carbonyl (C=O) groups excluding carboxylic acids is 1. The average Bonchev–Trinajstić information content (AvgIpc) is 3.67. The number of pyridine rings is 1. The quantitative estimate of drug-likeness (QED) is 0.422. The van der Waals surface area contributed by atoms with Gasteiger partial charge in [0.1, 0.15) is 18.3 Å². The van der Waals surface area contributed by atoms with Gasteiger partial charge in [-0.15, -0.1) is 5.10 Å². The number of carbonyl (C=O) groups is 1. The van der Waals surface area contributed by atoms with Gasteiger partial charge < -0.3 is 15.4 Å². The summed E-state index contributed by atoms with van der Waals surface area (Å²) >= 11 is 0. The molecule has 1 amide bonds. The Morgan fingerprint density at radius 3 is 2.68 bits per heavy atom. The smallest absolute Gasteiger partial charge is 0.226 e. The Morgan fingerprint density at radius 1 is 1.18 bits per heavy atom. The third kappa shape index (κ3) is 3.39. The van der Waals surface area contributed by atoms with Crippen molar-refractivity contribution in [2.24, 2.45) is 11.1 Å². The Balaban J connectivity index is 1.18. The van der Waals surface area contributed by atoms with Gasteiger partial charge >= 0.3 is 0 Å². The van der Waals surface area contributed by atoms with Crippen LogP contribution in [0.5, 0.6) is 0 Å².